The molecule has 4 rings (SSSR count). The first-order valence-corrected chi connectivity index (χ1v) is 11.0. The predicted molar refractivity (Wildman–Crippen MR) is 137 cm³/mol. The van der Waals surface area contributed by atoms with Crippen molar-refractivity contribution in [2.75, 3.05) is 21.3 Å². The number of nitrogens with zero attached hydrogens (tertiary/aromatic N) is 3. The lowest BCUT2D eigenvalue weighted by atomic mass is 10.1. The van der Waals surface area contributed by atoms with Crippen LogP contribution in [0.2, 0.25) is 0 Å². The highest BCUT2D eigenvalue weighted by Gasteiger charge is 2.16. The number of hydrogen-bond acceptors (Lipinski definition) is 7. The first-order valence-electron chi connectivity index (χ1n) is 11.0. The number of para-hydroxylation sites is 2. The zero-order valence-corrected chi connectivity index (χ0v) is 19.3. The van der Waals surface area contributed by atoms with Gasteiger partial charge in [0.1, 0.15) is 6.04 Å². The second-order valence-corrected chi connectivity index (χ2v) is 8.02. The SMILES string of the molecule is Cc1cc(C)cc(NC(=O)[C@@H](C)Nc2nc(Nc3ccccc3)nc(Nc3ccccc3)n2)c1. The molecule has 0 aliphatic carbocycles. The maximum atomic E-state index is 12.8. The van der Waals surface area contributed by atoms with Crippen molar-refractivity contribution in [1.82, 2.24) is 15.0 Å². The summed E-state index contributed by atoms with van der Waals surface area (Å²) >= 11 is 0. The van der Waals surface area contributed by atoms with Gasteiger partial charge >= 0.3 is 0 Å². The van der Waals surface area contributed by atoms with Gasteiger partial charge in [0.25, 0.3) is 0 Å². The Morgan fingerprint density at radius 1 is 0.676 bits per heavy atom. The van der Waals surface area contributed by atoms with E-state index in [2.05, 4.69) is 42.3 Å². The van der Waals surface area contributed by atoms with Gasteiger partial charge < -0.3 is 21.3 Å². The average molecular weight is 454 g/mol. The van der Waals surface area contributed by atoms with Gasteiger partial charge in [0.2, 0.25) is 23.8 Å². The zero-order chi connectivity index (χ0) is 23.9. The van der Waals surface area contributed by atoms with Crippen molar-refractivity contribution in [2.45, 2.75) is 26.8 Å². The van der Waals surface area contributed by atoms with E-state index in [1.165, 1.54) is 0 Å². The Kier molecular flexibility index (Phi) is 6.98. The molecule has 0 aliphatic rings. The Morgan fingerprint density at radius 2 is 1.15 bits per heavy atom. The summed E-state index contributed by atoms with van der Waals surface area (Å²) in [6.07, 6.45) is 0. The number of benzene rings is 3. The fraction of sp³-hybridized carbons (Fsp3) is 0.154. The van der Waals surface area contributed by atoms with Gasteiger partial charge in [-0.05, 0) is 68.3 Å². The summed E-state index contributed by atoms with van der Waals surface area (Å²) in [6, 6.07) is 24.6. The van der Waals surface area contributed by atoms with E-state index >= 15 is 0 Å². The fourth-order valence-electron chi connectivity index (χ4n) is 3.41. The van der Waals surface area contributed by atoms with Crippen LogP contribution in [0.5, 0.6) is 0 Å². The molecule has 4 N–H and O–H groups in total. The van der Waals surface area contributed by atoms with Crippen LogP contribution in [0, 0.1) is 13.8 Å². The Hall–Kier alpha value is -4.46. The second kappa shape index (κ2) is 10.4. The van der Waals surface area contributed by atoms with Crippen LogP contribution in [0.4, 0.5) is 34.9 Å². The molecule has 0 bridgehead atoms. The molecule has 1 amide bonds. The van der Waals surface area contributed by atoms with Gasteiger partial charge in [-0.3, -0.25) is 4.79 Å². The second-order valence-electron chi connectivity index (χ2n) is 8.02. The number of rotatable bonds is 8. The molecule has 1 heterocycles. The molecule has 0 saturated heterocycles. The molecule has 0 aliphatic heterocycles. The number of aromatic nitrogens is 3. The van der Waals surface area contributed by atoms with Crippen molar-refractivity contribution in [2.24, 2.45) is 0 Å². The number of nitrogens with one attached hydrogen (secondary N) is 4. The Morgan fingerprint density at radius 3 is 1.65 bits per heavy atom. The maximum Gasteiger partial charge on any atom is 0.246 e. The molecular formula is C26H27N7O. The molecule has 34 heavy (non-hydrogen) atoms. The lowest BCUT2D eigenvalue weighted by Crippen LogP contribution is -2.32. The Bertz CT molecular complexity index is 1180. The lowest BCUT2D eigenvalue weighted by Gasteiger charge is -2.16. The first-order chi connectivity index (χ1) is 16.4. The normalized spacial score (nSPS) is 11.4. The molecular weight excluding hydrogens is 426 g/mol. The van der Waals surface area contributed by atoms with Crippen LogP contribution in [0.3, 0.4) is 0 Å². The predicted octanol–water partition coefficient (Wildman–Crippen LogP) is 5.41. The smallest absolute Gasteiger partial charge is 0.246 e. The quantitative estimate of drug-likeness (QED) is 0.283. The van der Waals surface area contributed by atoms with E-state index in [-0.39, 0.29) is 11.9 Å². The van der Waals surface area contributed by atoms with Crippen molar-refractivity contribution in [3.8, 4) is 0 Å². The van der Waals surface area contributed by atoms with Crippen LogP contribution in [0.25, 0.3) is 0 Å². The minimum atomic E-state index is -0.586. The van der Waals surface area contributed by atoms with Gasteiger partial charge in [-0.25, -0.2) is 0 Å². The molecule has 4 aromatic rings. The summed E-state index contributed by atoms with van der Waals surface area (Å²) in [5, 5.41) is 12.4. The molecule has 3 aromatic carbocycles. The summed E-state index contributed by atoms with van der Waals surface area (Å²) in [6.45, 7) is 5.76. The number of carbonyl (C=O) groups is 1. The van der Waals surface area contributed by atoms with Crippen LogP contribution in [-0.2, 0) is 4.79 Å². The van der Waals surface area contributed by atoms with E-state index in [1.54, 1.807) is 6.92 Å². The topological polar surface area (TPSA) is 104 Å². The van der Waals surface area contributed by atoms with E-state index in [0.29, 0.717) is 11.9 Å². The zero-order valence-electron chi connectivity index (χ0n) is 19.3. The highest BCUT2D eigenvalue weighted by atomic mass is 16.2. The summed E-state index contributed by atoms with van der Waals surface area (Å²) in [7, 11) is 0. The number of hydrogen-bond donors (Lipinski definition) is 4. The highest BCUT2D eigenvalue weighted by molar-refractivity contribution is 5.96. The molecule has 0 radical (unpaired) electrons. The summed E-state index contributed by atoms with van der Waals surface area (Å²) in [4.78, 5) is 26.2. The van der Waals surface area contributed by atoms with Gasteiger partial charge in [0.05, 0.1) is 0 Å². The number of anilines is 6. The third kappa shape index (κ3) is 6.29. The third-order valence-electron chi connectivity index (χ3n) is 4.92. The average Bonchev–Trinajstić information content (AvgIpc) is 2.79. The van der Waals surface area contributed by atoms with Crippen molar-refractivity contribution >= 4 is 40.8 Å². The van der Waals surface area contributed by atoms with Crippen LogP contribution >= 0.6 is 0 Å². The number of aryl methyl sites for hydroxylation is 2. The van der Waals surface area contributed by atoms with E-state index in [1.807, 2.05) is 86.6 Å². The minimum Gasteiger partial charge on any atom is -0.342 e. The summed E-state index contributed by atoms with van der Waals surface area (Å²) < 4.78 is 0. The Labute approximate surface area is 198 Å². The molecule has 172 valence electrons. The molecule has 0 spiro atoms. The number of amides is 1. The number of carbonyl (C=O) groups excluding carboxylic acids is 1. The largest absolute Gasteiger partial charge is 0.342 e. The molecule has 1 atom stereocenters. The van der Waals surface area contributed by atoms with Crippen molar-refractivity contribution in [3.05, 3.63) is 90.0 Å². The minimum absolute atomic E-state index is 0.194. The monoisotopic (exact) mass is 453 g/mol. The van der Waals surface area contributed by atoms with E-state index < -0.39 is 6.04 Å². The molecule has 0 saturated carbocycles. The van der Waals surface area contributed by atoms with Gasteiger partial charge in [0.15, 0.2) is 0 Å². The Balaban J connectivity index is 1.54. The third-order valence-corrected chi connectivity index (χ3v) is 4.92. The highest BCUT2D eigenvalue weighted by Crippen LogP contribution is 2.19. The van der Waals surface area contributed by atoms with Crippen molar-refractivity contribution < 1.29 is 4.79 Å². The molecule has 0 unspecified atom stereocenters. The van der Waals surface area contributed by atoms with Crippen LogP contribution in [0.1, 0.15) is 18.1 Å². The van der Waals surface area contributed by atoms with Crippen molar-refractivity contribution in [3.63, 3.8) is 0 Å². The standard InChI is InChI=1S/C26H27N7O/c1-17-14-18(2)16-22(15-17)28-23(34)19(3)27-24-31-25(29-20-10-6-4-7-11-20)33-26(32-24)30-21-12-8-5-9-13-21/h4-16,19H,1-3H3,(H,28,34)(H3,27,29,30,31,32,33)/t19-/m1/s1. The van der Waals surface area contributed by atoms with Gasteiger partial charge in [-0.2, -0.15) is 15.0 Å². The summed E-state index contributed by atoms with van der Waals surface area (Å²) in [5.41, 5.74) is 4.60. The molecule has 8 nitrogen and oxygen atoms in total. The molecule has 8 heteroatoms. The van der Waals surface area contributed by atoms with Crippen LogP contribution < -0.4 is 21.3 Å². The van der Waals surface area contributed by atoms with E-state index in [4.69, 9.17) is 0 Å². The van der Waals surface area contributed by atoms with E-state index in [9.17, 15) is 4.79 Å². The summed E-state index contributed by atoms with van der Waals surface area (Å²) in [5.74, 6) is 0.781. The van der Waals surface area contributed by atoms with Gasteiger partial charge in [-0.15, -0.1) is 0 Å². The van der Waals surface area contributed by atoms with E-state index in [0.717, 1.165) is 28.2 Å². The van der Waals surface area contributed by atoms with Crippen LogP contribution in [-0.4, -0.2) is 26.9 Å². The van der Waals surface area contributed by atoms with Crippen molar-refractivity contribution in [1.29, 1.82) is 0 Å². The van der Waals surface area contributed by atoms with Crippen LogP contribution in [0.15, 0.2) is 78.9 Å². The van der Waals surface area contributed by atoms with Gasteiger partial charge in [0, 0.05) is 17.1 Å². The first kappa shape index (κ1) is 22.7. The fourth-order valence-corrected chi connectivity index (χ4v) is 3.41. The lowest BCUT2D eigenvalue weighted by molar-refractivity contribution is -0.116. The molecule has 1 aromatic heterocycles. The maximum absolute atomic E-state index is 12.8. The van der Waals surface area contributed by atoms with Gasteiger partial charge in [-0.1, -0.05) is 42.5 Å². The molecule has 0 fully saturated rings.